The second kappa shape index (κ2) is 11.2. The summed E-state index contributed by atoms with van der Waals surface area (Å²) < 4.78 is 0. The van der Waals surface area contributed by atoms with Gasteiger partial charge < -0.3 is 21.1 Å². The molecule has 1 amide bonds. The number of benzene rings is 1. The number of pyridine rings is 1. The average molecular weight is 515 g/mol. The van der Waals surface area contributed by atoms with Crippen LogP contribution in [0.4, 0.5) is 5.69 Å². The number of nitrogen functional groups attached to an aromatic ring is 1. The lowest BCUT2D eigenvalue weighted by molar-refractivity contribution is -0.0261. The number of rotatable bonds is 9. The normalized spacial score (nSPS) is 16.0. The highest BCUT2D eigenvalue weighted by molar-refractivity contribution is 7.21. The number of likely N-dealkylation sites (tertiary alicyclic amines) is 1. The molecule has 8 heteroatoms. The number of aromatic nitrogens is 1. The van der Waals surface area contributed by atoms with E-state index in [9.17, 15) is 9.90 Å². The summed E-state index contributed by atoms with van der Waals surface area (Å²) in [4.78, 5) is 21.0. The minimum absolute atomic E-state index is 0.107. The second-order valence-electron chi connectivity index (χ2n) is 9.66. The van der Waals surface area contributed by atoms with Gasteiger partial charge in [0, 0.05) is 35.7 Å². The van der Waals surface area contributed by atoms with Crippen LogP contribution >= 0.6 is 22.9 Å². The molecule has 0 bridgehead atoms. The van der Waals surface area contributed by atoms with E-state index in [1.165, 1.54) is 11.3 Å². The summed E-state index contributed by atoms with van der Waals surface area (Å²) in [5.41, 5.74) is 9.02. The molecule has 1 fully saturated rings. The molecule has 188 valence electrons. The van der Waals surface area contributed by atoms with E-state index in [0.717, 1.165) is 85.2 Å². The van der Waals surface area contributed by atoms with Crippen LogP contribution in [0.2, 0.25) is 5.02 Å². The maximum atomic E-state index is 12.7. The van der Waals surface area contributed by atoms with Crippen LogP contribution in [-0.2, 0) is 5.60 Å². The summed E-state index contributed by atoms with van der Waals surface area (Å²) in [6.45, 7) is 7.46. The maximum Gasteiger partial charge on any atom is 0.263 e. The van der Waals surface area contributed by atoms with Crippen LogP contribution in [0.1, 0.15) is 65.0 Å². The van der Waals surface area contributed by atoms with Gasteiger partial charge in [-0.3, -0.25) is 4.79 Å². The van der Waals surface area contributed by atoms with Gasteiger partial charge in [-0.25, -0.2) is 4.98 Å². The quantitative estimate of drug-likeness (QED) is 0.331. The van der Waals surface area contributed by atoms with Crippen LogP contribution in [0.25, 0.3) is 10.2 Å². The van der Waals surface area contributed by atoms with Gasteiger partial charge in [0.15, 0.2) is 0 Å². The fourth-order valence-electron chi connectivity index (χ4n) is 4.93. The molecule has 0 unspecified atom stereocenters. The molecule has 1 aliphatic rings. The van der Waals surface area contributed by atoms with E-state index in [-0.39, 0.29) is 5.91 Å². The van der Waals surface area contributed by atoms with Gasteiger partial charge in [-0.2, -0.15) is 0 Å². The van der Waals surface area contributed by atoms with Crippen molar-refractivity contribution >= 4 is 44.7 Å². The smallest absolute Gasteiger partial charge is 0.263 e. The van der Waals surface area contributed by atoms with Crippen LogP contribution in [0.3, 0.4) is 0 Å². The number of nitrogens with two attached hydrogens (primary N) is 1. The fourth-order valence-corrected chi connectivity index (χ4v) is 6.19. The number of thiophene rings is 1. The molecule has 6 nitrogen and oxygen atoms in total. The van der Waals surface area contributed by atoms with Gasteiger partial charge in [-0.05, 0) is 75.4 Å². The minimum Gasteiger partial charge on any atom is -0.397 e. The van der Waals surface area contributed by atoms with Gasteiger partial charge in [-0.1, -0.05) is 36.6 Å². The molecule has 1 aromatic carbocycles. The number of piperidine rings is 1. The molecule has 1 aliphatic heterocycles. The van der Waals surface area contributed by atoms with Gasteiger partial charge >= 0.3 is 0 Å². The van der Waals surface area contributed by atoms with Gasteiger partial charge in [0.25, 0.3) is 5.91 Å². The number of halogens is 1. The summed E-state index contributed by atoms with van der Waals surface area (Å²) in [7, 11) is 0. The lowest BCUT2D eigenvalue weighted by Gasteiger charge is -2.38. The number of amides is 1. The highest BCUT2D eigenvalue weighted by Crippen LogP contribution is 2.35. The lowest BCUT2D eigenvalue weighted by atomic mass is 9.84. The predicted octanol–water partition coefficient (Wildman–Crippen LogP) is 5.42. The Kier molecular flexibility index (Phi) is 8.32. The summed E-state index contributed by atoms with van der Waals surface area (Å²) in [5.74, 6) is -0.107. The highest BCUT2D eigenvalue weighted by Gasteiger charge is 2.33. The number of carbonyl (C=O) groups is 1. The molecule has 0 atom stereocenters. The van der Waals surface area contributed by atoms with E-state index < -0.39 is 5.60 Å². The van der Waals surface area contributed by atoms with Gasteiger partial charge in [-0.15, -0.1) is 11.3 Å². The first-order chi connectivity index (χ1) is 16.8. The van der Waals surface area contributed by atoms with Crippen molar-refractivity contribution in [2.45, 2.75) is 58.0 Å². The first-order valence-electron chi connectivity index (χ1n) is 12.4. The molecule has 1 saturated heterocycles. The van der Waals surface area contributed by atoms with Crippen LogP contribution < -0.4 is 11.1 Å². The van der Waals surface area contributed by atoms with Crippen molar-refractivity contribution in [2.24, 2.45) is 0 Å². The number of nitrogens with one attached hydrogen (secondary N) is 1. The average Bonchev–Trinajstić information content (AvgIpc) is 3.16. The van der Waals surface area contributed by atoms with Crippen LogP contribution in [0, 0.1) is 13.8 Å². The molecule has 4 N–H and O–H groups in total. The lowest BCUT2D eigenvalue weighted by Crippen LogP contribution is -2.42. The van der Waals surface area contributed by atoms with E-state index in [2.05, 4.69) is 15.2 Å². The number of aliphatic hydroxyl groups is 1. The van der Waals surface area contributed by atoms with E-state index in [0.29, 0.717) is 22.1 Å². The van der Waals surface area contributed by atoms with Crippen molar-refractivity contribution in [3.8, 4) is 0 Å². The van der Waals surface area contributed by atoms with E-state index in [1.54, 1.807) is 0 Å². The highest BCUT2D eigenvalue weighted by atomic mass is 35.5. The van der Waals surface area contributed by atoms with Crippen molar-refractivity contribution in [1.82, 2.24) is 15.2 Å². The first-order valence-corrected chi connectivity index (χ1v) is 13.6. The number of anilines is 1. The molecule has 0 aliphatic carbocycles. The molecule has 0 saturated carbocycles. The zero-order chi connectivity index (χ0) is 25.0. The topological polar surface area (TPSA) is 91.5 Å². The minimum atomic E-state index is -0.745. The van der Waals surface area contributed by atoms with Crippen molar-refractivity contribution in [1.29, 1.82) is 0 Å². The molecular weight excluding hydrogens is 480 g/mol. The van der Waals surface area contributed by atoms with Crippen molar-refractivity contribution in [2.75, 3.05) is 31.9 Å². The molecule has 2 aromatic heterocycles. The largest absolute Gasteiger partial charge is 0.397 e. The van der Waals surface area contributed by atoms with Gasteiger partial charge in [0.2, 0.25) is 0 Å². The van der Waals surface area contributed by atoms with Crippen LogP contribution in [0.15, 0.2) is 30.3 Å². The fraction of sp³-hybridized carbons (Fsp3) is 0.481. The van der Waals surface area contributed by atoms with Crippen molar-refractivity contribution in [3.63, 3.8) is 0 Å². The number of nitrogens with zero attached hydrogens (tertiary/aromatic N) is 2. The summed E-state index contributed by atoms with van der Waals surface area (Å²) in [5, 5.41) is 15.6. The molecule has 0 radical (unpaired) electrons. The SMILES string of the molecule is Cc1cc(C)c2c(N)c(C(=O)NCCCCCCN3CCC(O)(c4ccc(Cl)cc4)CC3)sc2n1. The summed E-state index contributed by atoms with van der Waals surface area (Å²) in [6.07, 6.45) is 5.77. The third-order valence-corrected chi connectivity index (χ3v) is 8.33. The number of aryl methyl sites for hydroxylation is 2. The van der Waals surface area contributed by atoms with Crippen LogP contribution in [-0.4, -0.2) is 47.1 Å². The number of carbonyl (C=O) groups excluding carboxylic acids is 1. The Morgan fingerprint density at radius 2 is 1.86 bits per heavy atom. The van der Waals surface area contributed by atoms with E-state index >= 15 is 0 Å². The van der Waals surface area contributed by atoms with Gasteiger partial charge in [0.1, 0.15) is 9.71 Å². The number of hydrogen-bond acceptors (Lipinski definition) is 6. The Hall–Kier alpha value is -2.19. The maximum absolute atomic E-state index is 12.7. The van der Waals surface area contributed by atoms with Crippen molar-refractivity contribution in [3.05, 3.63) is 57.1 Å². The first kappa shape index (κ1) is 25.9. The molecule has 3 heterocycles. The number of hydrogen-bond donors (Lipinski definition) is 3. The molecule has 35 heavy (non-hydrogen) atoms. The van der Waals surface area contributed by atoms with Crippen LogP contribution in [0.5, 0.6) is 0 Å². The van der Waals surface area contributed by atoms with Crippen molar-refractivity contribution < 1.29 is 9.90 Å². The zero-order valence-electron chi connectivity index (χ0n) is 20.6. The standard InChI is InChI=1S/C27H35ClN4O2S/c1-18-17-19(2)31-26-22(18)23(29)24(35-26)25(33)30-13-5-3-4-6-14-32-15-11-27(34,12-16-32)20-7-9-21(28)10-8-20/h7-10,17,34H,3-6,11-16,29H2,1-2H3,(H,30,33). The van der Waals surface area contributed by atoms with E-state index in [1.807, 2.05) is 44.2 Å². The Labute approximate surface area is 216 Å². The third-order valence-electron chi connectivity index (χ3n) is 6.98. The Morgan fingerprint density at radius 3 is 2.57 bits per heavy atom. The molecule has 4 rings (SSSR count). The third kappa shape index (κ3) is 6.15. The Morgan fingerprint density at radius 1 is 1.17 bits per heavy atom. The number of unbranched alkanes of at least 4 members (excludes halogenated alkanes) is 3. The monoisotopic (exact) mass is 514 g/mol. The van der Waals surface area contributed by atoms with E-state index in [4.69, 9.17) is 17.3 Å². The second-order valence-corrected chi connectivity index (χ2v) is 11.1. The van der Waals surface area contributed by atoms with Gasteiger partial charge in [0.05, 0.1) is 11.3 Å². The Balaban J connectivity index is 1.13. The summed E-state index contributed by atoms with van der Waals surface area (Å²) >= 11 is 7.35. The Bertz CT molecular complexity index is 1170. The molecular formula is C27H35ClN4O2S. The predicted molar refractivity (Wildman–Crippen MR) is 145 cm³/mol. The zero-order valence-corrected chi connectivity index (χ0v) is 22.1. The molecule has 0 spiro atoms. The summed E-state index contributed by atoms with van der Waals surface area (Å²) in [6, 6.07) is 9.56. The molecule has 3 aromatic rings. The number of fused-ring (bicyclic) bond motifs is 1.